The van der Waals surface area contributed by atoms with Gasteiger partial charge in [-0.2, -0.15) is 0 Å². The highest BCUT2D eigenvalue weighted by atomic mass is 79.9. The maximum Gasteiger partial charge on any atom is 0.137 e. The smallest absolute Gasteiger partial charge is 0.137 e. The molecule has 0 aliphatic carbocycles. The second-order valence-electron chi connectivity index (χ2n) is 4.62. The summed E-state index contributed by atoms with van der Waals surface area (Å²) in [5.41, 5.74) is 3.59. The lowest BCUT2D eigenvalue weighted by Crippen LogP contribution is -2.18. The van der Waals surface area contributed by atoms with Crippen molar-refractivity contribution in [3.05, 3.63) is 62.6 Å². The van der Waals surface area contributed by atoms with Crippen LogP contribution in [0.4, 0.5) is 0 Å². The Balaban J connectivity index is 2.49. The van der Waals surface area contributed by atoms with Crippen LogP contribution < -0.4 is 10.1 Å². The Morgan fingerprint density at radius 3 is 2.60 bits per heavy atom. The molecule has 0 spiro atoms. The number of rotatable bonds is 4. The molecule has 106 valence electrons. The minimum atomic E-state index is 0.0960. The summed E-state index contributed by atoms with van der Waals surface area (Å²) in [5, 5.41) is 3.98. The van der Waals surface area contributed by atoms with Crippen LogP contribution in [0.25, 0.3) is 0 Å². The highest BCUT2D eigenvalue weighted by molar-refractivity contribution is 9.10. The fourth-order valence-electron chi connectivity index (χ4n) is 2.28. The monoisotopic (exact) mass is 353 g/mol. The van der Waals surface area contributed by atoms with E-state index in [-0.39, 0.29) is 6.04 Å². The van der Waals surface area contributed by atoms with Gasteiger partial charge in [-0.1, -0.05) is 39.7 Å². The third-order valence-corrected chi connectivity index (χ3v) is 4.15. The van der Waals surface area contributed by atoms with Gasteiger partial charge in [0.25, 0.3) is 0 Å². The molecule has 0 aliphatic heterocycles. The normalized spacial score (nSPS) is 12.2. The molecule has 1 atom stereocenters. The van der Waals surface area contributed by atoms with E-state index in [1.165, 1.54) is 11.1 Å². The van der Waals surface area contributed by atoms with Crippen LogP contribution in [-0.2, 0) is 0 Å². The summed E-state index contributed by atoms with van der Waals surface area (Å²) in [6.45, 7) is 2.11. The molecule has 0 bridgehead atoms. The first-order valence-electron chi connectivity index (χ1n) is 6.33. The van der Waals surface area contributed by atoms with Crippen LogP contribution in [-0.4, -0.2) is 14.2 Å². The second-order valence-corrected chi connectivity index (χ2v) is 5.94. The Morgan fingerprint density at radius 2 is 1.95 bits per heavy atom. The van der Waals surface area contributed by atoms with Crippen LogP contribution in [0.5, 0.6) is 5.75 Å². The van der Waals surface area contributed by atoms with Crippen LogP contribution in [0, 0.1) is 6.92 Å². The van der Waals surface area contributed by atoms with Crippen molar-refractivity contribution in [3.8, 4) is 5.75 Å². The van der Waals surface area contributed by atoms with Crippen LogP contribution in [0.2, 0.25) is 5.02 Å². The SMILES string of the molecule is CNC(c1ccc(Cl)c(OC)c1)c1cc(Br)ccc1C. The average molecular weight is 355 g/mol. The van der Waals surface area contributed by atoms with Crippen LogP contribution in [0.3, 0.4) is 0 Å². The Hall–Kier alpha value is -1.03. The number of hydrogen-bond donors (Lipinski definition) is 1. The van der Waals surface area contributed by atoms with Crippen molar-refractivity contribution < 1.29 is 4.74 Å². The van der Waals surface area contributed by atoms with Gasteiger partial charge >= 0.3 is 0 Å². The molecular weight excluding hydrogens is 338 g/mol. The fraction of sp³-hybridized carbons (Fsp3) is 0.250. The minimum absolute atomic E-state index is 0.0960. The van der Waals surface area contributed by atoms with Gasteiger partial charge in [0.1, 0.15) is 5.75 Å². The summed E-state index contributed by atoms with van der Waals surface area (Å²) in [7, 11) is 3.58. The first-order valence-corrected chi connectivity index (χ1v) is 7.50. The molecule has 2 nitrogen and oxygen atoms in total. The molecule has 0 amide bonds. The van der Waals surface area contributed by atoms with E-state index in [1.807, 2.05) is 31.3 Å². The first-order chi connectivity index (χ1) is 9.56. The predicted molar refractivity (Wildman–Crippen MR) is 87.8 cm³/mol. The summed E-state index contributed by atoms with van der Waals surface area (Å²) in [4.78, 5) is 0. The Labute approximate surface area is 133 Å². The molecule has 0 aliphatic rings. The molecule has 0 saturated heterocycles. The molecule has 2 rings (SSSR count). The van der Waals surface area contributed by atoms with E-state index in [1.54, 1.807) is 7.11 Å². The summed E-state index contributed by atoms with van der Waals surface area (Å²) in [6.07, 6.45) is 0. The van der Waals surface area contributed by atoms with Crippen molar-refractivity contribution in [1.82, 2.24) is 5.32 Å². The lowest BCUT2D eigenvalue weighted by atomic mass is 9.95. The van der Waals surface area contributed by atoms with Crippen molar-refractivity contribution in [2.45, 2.75) is 13.0 Å². The second kappa shape index (κ2) is 6.61. The van der Waals surface area contributed by atoms with E-state index in [4.69, 9.17) is 16.3 Å². The summed E-state index contributed by atoms with van der Waals surface area (Å²) in [6, 6.07) is 12.3. The van der Waals surface area contributed by atoms with Crippen molar-refractivity contribution in [3.63, 3.8) is 0 Å². The number of hydrogen-bond acceptors (Lipinski definition) is 2. The van der Waals surface area contributed by atoms with E-state index in [2.05, 4.69) is 40.3 Å². The Morgan fingerprint density at radius 1 is 1.20 bits per heavy atom. The van der Waals surface area contributed by atoms with Gasteiger partial charge in [-0.25, -0.2) is 0 Å². The Bertz CT molecular complexity index is 615. The summed E-state index contributed by atoms with van der Waals surface area (Å²) in [5.74, 6) is 0.692. The number of halogens is 2. The number of aryl methyl sites for hydroxylation is 1. The minimum Gasteiger partial charge on any atom is -0.495 e. The zero-order valence-corrected chi connectivity index (χ0v) is 14.0. The maximum atomic E-state index is 6.09. The highest BCUT2D eigenvalue weighted by Crippen LogP contribution is 2.32. The standard InChI is InChI=1S/C16H17BrClNO/c1-10-4-6-12(17)9-13(10)16(19-2)11-5-7-14(18)15(8-11)20-3/h4-9,16,19H,1-3H3. The van der Waals surface area contributed by atoms with Gasteiger partial charge in [0.2, 0.25) is 0 Å². The molecule has 1 N–H and O–H groups in total. The van der Waals surface area contributed by atoms with Crippen molar-refractivity contribution in [2.75, 3.05) is 14.2 Å². The molecular formula is C16H17BrClNO. The largest absolute Gasteiger partial charge is 0.495 e. The van der Waals surface area contributed by atoms with Gasteiger partial charge in [-0.05, 0) is 54.9 Å². The highest BCUT2D eigenvalue weighted by Gasteiger charge is 2.16. The van der Waals surface area contributed by atoms with Crippen molar-refractivity contribution in [2.24, 2.45) is 0 Å². The maximum absolute atomic E-state index is 6.09. The van der Waals surface area contributed by atoms with E-state index >= 15 is 0 Å². The molecule has 2 aromatic rings. The molecule has 1 unspecified atom stereocenters. The summed E-state index contributed by atoms with van der Waals surface area (Å²) >= 11 is 9.63. The third kappa shape index (κ3) is 3.17. The molecule has 0 aromatic heterocycles. The Kier molecular flexibility index (Phi) is 5.08. The van der Waals surface area contributed by atoms with Gasteiger partial charge in [0, 0.05) is 4.47 Å². The predicted octanol–water partition coefficient (Wildman–Crippen LogP) is 4.73. The lowest BCUT2D eigenvalue weighted by molar-refractivity contribution is 0.414. The van der Waals surface area contributed by atoms with Crippen LogP contribution >= 0.6 is 27.5 Å². The molecule has 0 saturated carbocycles. The van der Waals surface area contributed by atoms with Gasteiger partial charge in [-0.3, -0.25) is 0 Å². The van der Waals surface area contributed by atoms with Crippen LogP contribution in [0.15, 0.2) is 40.9 Å². The number of methoxy groups -OCH3 is 1. The van der Waals surface area contributed by atoms with Crippen LogP contribution in [0.1, 0.15) is 22.7 Å². The van der Waals surface area contributed by atoms with Gasteiger partial charge in [0.05, 0.1) is 18.2 Å². The third-order valence-electron chi connectivity index (χ3n) is 3.35. The molecule has 0 radical (unpaired) electrons. The van der Waals surface area contributed by atoms with Crippen molar-refractivity contribution >= 4 is 27.5 Å². The van der Waals surface area contributed by atoms with Gasteiger partial charge in [-0.15, -0.1) is 0 Å². The van der Waals surface area contributed by atoms with Gasteiger partial charge < -0.3 is 10.1 Å². The number of nitrogens with one attached hydrogen (secondary N) is 1. The molecule has 0 fully saturated rings. The fourth-order valence-corrected chi connectivity index (χ4v) is 2.85. The first kappa shape index (κ1) is 15.4. The number of ether oxygens (including phenoxy) is 1. The van der Waals surface area contributed by atoms with E-state index in [9.17, 15) is 0 Å². The number of benzene rings is 2. The molecule has 2 aromatic carbocycles. The topological polar surface area (TPSA) is 21.3 Å². The summed E-state index contributed by atoms with van der Waals surface area (Å²) < 4.78 is 6.37. The van der Waals surface area contributed by atoms with E-state index < -0.39 is 0 Å². The lowest BCUT2D eigenvalue weighted by Gasteiger charge is -2.20. The molecule has 4 heteroatoms. The van der Waals surface area contributed by atoms with Crippen molar-refractivity contribution in [1.29, 1.82) is 0 Å². The molecule has 0 heterocycles. The quantitative estimate of drug-likeness (QED) is 0.857. The molecule has 20 heavy (non-hydrogen) atoms. The average Bonchev–Trinajstić information content (AvgIpc) is 2.45. The zero-order chi connectivity index (χ0) is 14.7. The zero-order valence-electron chi connectivity index (χ0n) is 11.7. The van der Waals surface area contributed by atoms with Gasteiger partial charge in [0.15, 0.2) is 0 Å². The van der Waals surface area contributed by atoms with E-state index in [0.717, 1.165) is 10.0 Å². The van der Waals surface area contributed by atoms with E-state index in [0.29, 0.717) is 10.8 Å².